The van der Waals surface area contributed by atoms with E-state index in [-0.39, 0.29) is 17.4 Å². The van der Waals surface area contributed by atoms with Crippen LogP contribution in [0.25, 0.3) is 0 Å². The summed E-state index contributed by atoms with van der Waals surface area (Å²) in [5.41, 5.74) is 7.47. The molecular weight excluding hydrogens is 342 g/mol. The monoisotopic (exact) mass is 363 g/mol. The van der Waals surface area contributed by atoms with Crippen LogP contribution in [-0.2, 0) is 6.54 Å². The van der Waals surface area contributed by atoms with Crippen LogP contribution >= 0.6 is 0 Å². The summed E-state index contributed by atoms with van der Waals surface area (Å²) in [6.45, 7) is 2.36. The number of aromatic nitrogens is 3. The predicted molar refractivity (Wildman–Crippen MR) is 98.8 cm³/mol. The molecule has 1 unspecified atom stereocenters. The second kappa shape index (κ2) is 7.88. The van der Waals surface area contributed by atoms with Gasteiger partial charge in [0.25, 0.3) is 5.91 Å². The molecular formula is C19H21N7O. The van der Waals surface area contributed by atoms with Crippen LogP contribution in [-0.4, -0.2) is 20.7 Å². The molecule has 1 aliphatic rings. The second-order valence-corrected chi connectivity index (χ2v) is 6.88. The van der Waals surface area contributed by atoms with Crippen molar-refractivity contribution in [2.75, 3.05) is 5.32 Å². The zero-order valence-electron chi connectivity index (χ0n) is 15.1. The van der Waals surface area contributed by atoms with Gasteiger partial charge in [0, 0.05) is 12.7 Å². The van der Waals surface area contributed by atoms with Crippen LogP contribution < -0.4 is 11.1 Å². The van der Waals surface area contributed by atoms with Crippen LogP contribution in [0.5, 0.6) is 0 Å². The summed E-state index contributed by atoms with van der Waals surface area (Å²) in [7, 11) is 0. The number of primary amides is 1. The Kier molecular flexibility index (Phi) is 5.37. The first-order chi connectivity index (χ1) is 13.0. The summed E-state index contributed by atoms with van der Waals surface area (Å²) >= 11 is 0. The summed E-state index contributed by atoms with van der Waals surface area (Å²) in [4.78, 5) is 15.9. The number of nitrogens with one attached hydrogen (secondary N) is 1. The smallest absolute Gasteiger partial charge is 0.254 e. The van der Waals surface area contributed by atoms with Gasteiger partial charge in [0.1, 0.15) is 17.3 Å². The number of carbonyl (C=O) groups excluding carboxylic acids is 1. The fourth-order valence-electron chi connectivity index (χ4n) is 3.52. The van der Waals surface area contributed by atoms with Crippen LogP contribution in [0.4, 0.5) is 11.5 Å². The normalized spacial score (nSPS) is 19.1. The van der Waals surface area contributed by atoms with Gasteiger partial charge in [-0.1, -0.05) is 12.8 Å². The van der Waals surface area contributed by atoms with E-state index in [1.165, 1.54) is 6.20 Å². The molecule has 1 fully saturated rings. The predicted octanol–water partition coefficient (Wildman–Crippen LogP) is 2.63. The third-order valence-corrected chi connectivity index (χ3v) is 4.97. The highest BCUT2D eigenvalue weighted by atomic mass is 16.1. The van der Waals surface area contributed by atoms with Gasteiger partial charge in [0.2, 0.25) is 0 Å². The van der Waals surface area contributed by atoms with Crippen molar-refractivity contribution in [3.8, 4) is 12.1 Å². The number of nitriles is 2. The first kappa shape index (κ1) is 18.4. The van der Waals surface area contributed by atoms with Gasteiger partial charge in [0.05, 0.1) is 23.9 Å². The van der Waals surface area contributed by atoms with Gasteiger partial charge < -0.3 is 11.1 Å². The molecule has 2 atom stereocenters. The standard InChI is InChI=1S/C19H21N7O/c1-12-6-15(9-23-17(12)8-21)24-19-16(18(22)27)11-26(25-19)10-14-5-3-2-4-13(14)7-20/h6,9,11,13-14H,2-5,10H2,1H3,(H2,22,27)(H,24,25)/t13?,14-/m1/s1. The average molecular weight is 363 g/mol. The second-order valence-electron chi connectivity index (χ2n) is 6.88. The van der Waals surface area contributed by atoms with E-state index >= 15 is 0 Å². The van der Waals surface area contributed by atoms with E-state index < -0.39 is 5.91 Å². The number of rotatable bonds is 5. The average Bonchev–Trinajstić information content (AvgIpc) is 3.05. The largest absolute Gasteiger partial charge is 0.365 e. The number of anilines is 2. The Morgan fingerprint density at radius 3 is 2.85 bits per heavy atom. The van der Waals surface area contributed by atoms with Crippen molar-refractivity contribution in [2.24, 2.45) is 17.6 Å². The van der Waals surface area contributed by atoms with Crippen molar-refractivity contribution >= 4 is 17.4 Å². The number of hydrogen-bond acceptors (Lipinski definition) is 6. The summed E-state index contributed by atoms with van der Waals surface area (Å²) in [5.74, 6) is -0.00177. The van der Waals surface area contributed by atoms with Crippen LogP contribution in [0.15, 0.2) is 18.5 Å². The van der Waals surface area contributed by atoms with E-state index in [1.807, 2.05) is 6.07 Å². The fraction of sp³-hybridized carbons (Fsp3) is 0.421. The van der Waals surface area contributed by atoms with Crippen molar-refractivity contribution in [2.45, 2.75) is 39.2 Å². The Hall–Kier alpha value is -3.39. The molecule has 2 aromatic rings. The highest BCUT2D eigenvalue weighted by molar-refractivity contribution is 5.98. The minimum absolute atomic E-state index is 0.0155. The minimum Gasteiger partial charge on any atom is -0.365 e. The topological polar surface area (TPSA) is 133 Å². The molecule has 0 bridgehead atoms. The molecule has 3 rings (SSSR count). The van der Waals surface area contributed by atoms with Crippen LogP contribution in [0, 0.1) is 41.4 Å². The molecule has 1 saturated carbocycles. The van der Waals surface area contributed by atoms with Crippen LogP contribution in [0.2, 0.25) is 0 Å². The summed E-state index contributed by atoms with van der Waals surface area (Å²) in [6, 6.07) is 6.17. The molecule has 138 valence electrons. The number of pyridine rings is 1. The van der Waals surface area contributed by atoms with Crippen molar-refractivity contribution in [1.29, 1.82) is 10.5 Å². The van der Waals surface area contributed by atoms with E-state index in [2.05, 4.69) is 21.5 Å². The molecule has 0 spiro atoms. The summed E-state index contributed by atoms with van der Waals surface area (Å²) in [6.07, 6.45) is 7.21. The lowest BCUT2D eigenvalue weighted by atomic mass is 9.80. The zero-order chi connectivity index (χ0) is 19.4. The third kappa shape index (κ3) is 4.06. The first-order valence-electron chi connectivity index (χ1n) is 8.92. The van der Waals surface area contributed by atoms with E-state index in [0.29, 0.717) is 23.7 Å². The van der Waals surface area contributed by atoms with Crippen LogP contribution in [0.1, 0.15) is 47.3 Å². The zero-order valence-corrected chi connectivity index (χ0v) is 15.1. The van der Waals surface area contributed by atoms with E-state index in [4.69, 9.17) is 11.0 Å². The number of aryl methyl sites for hydroxylation is 1. The molecule has 2 aromatic heterocycles. The maximum atomic E-state index is 11.8. The van der Waals surface area contributed by atoms with Crippen molar-refractivity contribution < 1.29 is 4.79 Å². The number of hydrogen-bond donors (Lipinski definition) is 2. The molecule has 2 heterocycles. The first-order valence-corrected chi connectivity index (χ1v) is 8.92. The van der Waals surface area contributed by atoms with Gasteiger partial charge in [0.15, 0.2) is 5.82 Å². The fourth-order valence-corrected chi connectivity index (χ4v) is 3.52. The molecule has 8 heteroatoms. The maximum Gasteiger partial charge on any atom is 0.254 e. The Labute approximate surface area is 157 Å². The SMILES string of the molecule is Cc1cc(Nc2nn(C[C@H]3CCCCC3C#N)cc2C(N)=O)cnc1C#N. The summed E-state index contributed by atoms with van der Waals surface area (Å²) in [5, 5.41) is 25.9. The number of carbonyl (C=O) groups is 1. The van der Waals surface area contributed by atoms with E-state index in [0.717, 1.165) is 31.2 Å². The van der Waals surface area contributed by atoms with Crippen LogP contribution in [0.3, 0.4) is 0 Å². The quantitative estimate of drug-likeness (QED) is 0.839. The van der Waals surface area contributed by atoms with E-state index in [1.54, 1.807) is 23.9 Å². The lowest BCUT2D eigenvalue weighted by molar-refractivity contribution is 0.100. The minimum atomic E-state index is -0.581. The maximum absolute atomic E-state index is 11.8. The number of nitrogens with zero attached hydrogens (tertiary/aromatic N) is 5. The number of amides is 1. The van der Waals surface area contributed by atoms with E-state index in [9.17, 15) is 10.1 Å². The third-order valence-electron chi connectivity index (χ3n) is 4.97. The van der Waals surface area contributed by atoms with Crippen molar-refractivity contribution in [3.63, 3.8) is 0 Å². The highest BCUT2D eigenvalue weighted by Gasteiger charge is 2.26. The van der Waals surface area contributed by atoms with Gasteiger partial charge in [-0.3, -0.25) is 9.48 Å². The Morgan fingerprint density at radius 2 is 2.19 bits per heavy atom. The summed E-state index contributed by atoms with van der Waals surface area (Å²) < 4.78 is 1.69. The van der Waals surface area contributed by atoms with Gasteiger partial charge in [-0.2, -0.15) is 15.6 Å². The Balaban J connectivity index is 1.83. The Morgan fingerprint density at radius 1 is 1.41 bits per heavy atom. The number of nitrogens with two attached hydrogens (primary N) is 1. The highest BCUT2D eigenvalue weighted by Crippen LogP contribution is 2.31. The molecule has 3 N–H and O–H groups in total. The molecule has 8 nitrogen and oxygen atoms in total. The molecule has 0 aromatic carbocycles. The van der Waals surface area contributed by atoms with Gasteiger partial charge in [-0.05, 0) is 37.3 Å². The van der Waals surface area contributed by atoms with Crippen molar-refractivity contribution in [3.05, 3.63) is 35.3 Å². The molecule has 0 aliphatic heterocycles. The van der Waals surface area contributed by atoms with Crippen molar-refractivity contribution in [1.82, 2.24) is 14.8 Å². The Bertz CT molecular complexity index is 935. The molecule has 0 radical (unpaired) electrons. The molecule has 0 saturated heterocycles. The van der Waals surface area contributed by atoms with Gasteiger partial charge >= 0.3 is 0 Å². The lowest BCUT2D eigenvalue weighted by Crippen LogP contribution is -2.23. The lowest BCUT2D eigenvalue weighted by Gasteiger charge is -2.26. The molecule has 27 heavy (non-hydrogen) atoms. The molecule has 1 aliphatic carbocycles. The van der Waals surface area contributed by atoms with Gasteiger partial charge in [-0.25, -0.2) is 4.98 Å². The van der Waals surface area contributed by atoms with Gasteiger partial charge in [-0.15, -0.1) is 0 Å². The molecule has 1 amide bonds.